The maximum atomic E-state index is 13.6. The monoisotopic (exact) mass is 625 g/mol. The third-order valence-corrected chi connectivity index (χ3v) is 7.33. The van der Waals surface area contributed by atoms with Gasteiger partial charge in [0.2, 0.25) is 12.7 Å². The number of esters is 1. The van der Waals surface area contributed by atoms with Crippen molar-refractivity contribution in [2.24, 2.45) is 11.3 Å². The van der Waals surface area contributed by atoms with E-state index in [1.54, 1.807) is 43.0 Å². The fourth-order valence-electron chi connectivity index (χ4n) is 4.58. The molecule has 3 amide bonds. The number of carboxylic acid groups (broad SMARTS) is 1. The molecule has 0 aromatic heterocycles. The number of hydrogen-bond acceptors (Lipinski definition) is 9. The number of ether oxygens (including phenoxy) is 3. The van der Waals surface area contributed by atoms with E-state index in [9.17, 15) is 29.1 Å². The predicted octanol–water partition coefficient (Wildman–Crippen LogP) is 3.18. The van der Waals surface area contributed by atoms with Gasteiger partial charge in [-0.3, -0.25) is 4.79 Å². The molecule has 1 aromatic carbocycles. The third-order valence-electron chi connectivity index (χ3n) is 7.08. The number of benzene rings is 1. The Morgan fingerprint density at radius 2 is 1.72 bits per heavy atom. The molecule has 0 spiro atoms. The maximum Gasteiger partial charge on any atom is 0.511 e. The van der Waals surface area contributed by atoms with E-state index < -0.39 is 53.6 Å². The SMILES string of the molecule is CC(C)C(NC(=O)NCC(C)(C)OC(=O)OCOC(=O)C=CC(=O)O)C(=O)N1CCC(O)(c2ccc(Cl)cc2)C(C)(C)C1. The first-order valence-electron chi connectivity index (χ1n) is 13.6. The molecule has 0 saturated carbocycles. The van der Waals surface area contributed by atoms with Gasteiger partial charge in [-0.2, -0.15) is 0 Å². The van der Waals surface area contributed by atoms with Crippen LogP contribution in [0.25, 0.3) is 0 Å². The minimum absolute atomic E-state index is 0.154. The highest BCUT2D eigenvalue weighted by Crippen LogP contribution is 2.46. The van der Waals surface area contributed by atoms with Gasteiger partial charge in [-0.25, -0.2) is 19.2 Å². The Morgan fingerprint density at radius 1 is 1.09 bits per heavy atom. The molecule has 43 heavy (non-hydrogen) atoms. The molecule has 2 atom stereocenters. The molecule has 1 saturated heterocycles. The summed E-state index contributed by atoms with van der Waals surface area (Å²) in [6, 6.07) is 5.48. The standard InChI is InChI=1S/C29H40ClN3O10/c1-18(2)23(24(37)33-14-13-29(40,27(3,4)16-33)19-7-9-20(30)10-8-19)32-25(38)31-15-28(5,6)43-26(39)42-17-41-22(36)12-11-21(34)35/h7-12,18,23,40H,13-17H2,1-6H3,(H,34,35)(H2,31,32,38). The van der Waals surface area contributed by atoms with Crippen LogP contribution >= 0.6 is 11.6 Å². The van der Waals surface area contributed by atoms with Gasteiger partial charge in [0.15, 0.2) is 0 Å². The van der Waals surface area contributed by atoms with Crippen molar-refractivity contribution in [1.29, 1.82) is 0 Å². The Balaban J connectivity index is 1.91. The van der Waals surface area contributed by atoms with Crippen LogP contribution in [0.2, 0.25) is 5.02 Å². The highest BCUT2D eigenvalue weighted by atomic mass is 35.5. The summed E-state index contributed by atoms with van der Waals surface area (Å²) in [7, 11) is 0. The van der Waals surface area contributed by atoms with E-state index in [2.05, 4.69) is 20.1 Å². The molecule has 238 valence electrons. The average Bonchev–Trinajstić information content (AvgIpc) is 2.90. The molecule has 1 aromatic rings. The molecular formula is C29H40ClN3O10. The van der Waals surface area contributed by atoms with Crippen LogP contribution in [-0.4, -0.2) is 83.2 Å². The van der Waals surface area contributed by atoms with Gasteiger partial charge in [0.05, 0.1) is 12.1 Å². The van der Waals surface area contributed by atoms with Crippen LogP contribution in [0, 0.1) is 11.3 Å². The van der Waals surface area contributed by atoms with Crippen molar-refractivity contribution in [3.05, 3.63) is 47.0 Å². The Labute approximate surface area is 255 Å². The minimum atomic E-state index is -1.35. The lowest BCUT2D eigenvalue weighted by atomic mass is 9.66. The highest BCUT2D eigenvalue weighted by Gasteiger charge is 2.50. The number of piperidine rings is 1. The molecule has 2 rings (SSSR count). The summed E-state index contributed by atoms with van der Waals surface area (Å²) < 4.78 is 14.3. The second-order valence-electron chi connectivity index (χ2n) is 11.8. The first-order chi connectivity index (χ1) is 19.9. The largest absolute Gasteiger partial charge is 0.511 e. The smallest absolute Gasteiger partial charge is 0.478 e. The second-order valence-corrected chi connectivity index (χ2v) is 12.3. The molecule has 4 N–H and O–H groups in total. The van der Waals surface area contributed by atoms with Crippen molar-refractivity contribution < 1.29 is 48.4 Å². The van der Waals surface area contributed by atoms with E-state index in [0.717, 1.165) is 5.56 Å². The molecule has 0 aliphatic carbocycles. The van der Waals surface area contributed by atoms with Crippen molar-refractivity contribution in [2.45, 2.75) is 65.2 Å². The van der Waals surface area contributed by atoms with E-state index in [4.69, 9.17) is 21.4 Å². The summed E-state index contributed by atoms with van der Waals surface area (Å²) in [5, 5.41) is 25.9. The minimum Gasteiger partial charge on any atom is -0.478 e. The van der Waals surface area contributed by atoms with Crippen molar-refractivity contribution in [1.82, 2.24) is 15.5 Å². The quantitative estimate of drug-likeness (QED) is 0.162. The number of rotatable bonds is 11. The number of nitrogens with one attached hydrogen (secondary N) is 2. The second kappa shape index (κ2) is 14.6. The van der Waals surface area contributed by atoms with Crippen LogP contribution in [0.5, 0.6) is 0 Å². The van der Waals surface area contributed by atoms with Gasteiger partial charge in [0, 0.05) is 35.7 Å². The van der Waals surface area contributed by atoms with Crippen LogP contribution < -0.4 is 10.6 Å². The fourth-order valence-corrected chi connectivity index (χ4v) is 4.71. The van der Waals surface area contributed by atoms with Gasteiger partial charge in [-0.15, -0.1) is 0 Å². The zero-order valence-corrected chi connectivity index (χ0v) is 25.9. The summed E-state index contributed by atoms with van der Waals surface area (Å²) in [6.07, 6.45) is 0.313. The zero-order chi connectivity index (χ0) is 32.6. The number of likely N-dealkylation sites (tertiary alicyclic amines) is 1. The highest BCUT2D eigenvalue weighted by molar-refractivity contribution is 6.30. The number of aliphatic hydroxyl groups is 1. The van der Waals surface area contributed by atoms with Gasteiger partial charge in [0.1, 0.15) is 11.6 Å². The molecule has 0 bridgehead atoms. The number of amides is 3. The van der Waals surface area contributed by atoms with Crippen molar-refractivity contribution in [3.63, 3.8) is 0 Å². The van der Waals surface area contributed by atoms with E-state index in [1.165, 1.54) is 13.8 Å². The lowest BCUT2D eigenvalue weighted by Crippen LogP contribution is -2.61. The van der Waals surface area contributed by atoms with Gasteiger partial charge in [-0.05, 0) is 43.9 Å². The maximum absolute atomic E-state index is 13.6. The normalized spacial score (nSPS) is 19.0. The summed E-state index contributed by atoms with van der Waals surface area (Å²) in [5.41, 5.74) is -2.42. The van der Waals surface area contributed by atoms with Crippen LogP contribution in [0.4, 0.5) is 9.59 Å². The summed E-state index contributed by atoms with van der Waals surface area (Å²) in [5.74, 6) is -2.93. The molecule has 1 aliphatic heterocycles. The molecule has 2 unspecified atom stereocenters. The fraction of sp³-hybridized carbons (Fsp3) is 0.552. The molecule has 13 nitrogen and oxygen atoms in total. The topological polar surface area (TPSA) is 181 Å². The first-order valence-corrected chi connectivity index (χ1v) is 14.0. The first kappa shape index (κ1) is 35.4. The number of aliphatic carboxylic acids is 1. The number of urea groups is 1. The lowest BCUT2D eigenvalue weighted by molar-refractivity contribution is -0.155. The van der Waals surface area contributed by atoms with E-state index in [-0.39, 0.29) is 31.5 Å². The predicted molar refractivity (Wildman–Crippen MR) is 155 cm³/mol. The summed E-state index contributed by atoms with van der Waals surface area (Å²) >= 11 is 6.02. The number of carbonyl (C=O) groups is 5. The van der Waals surface area contributed by atoms with Crippen LogP contribution in [0.15, 0.2) is 36.4 Å². The van der Waals surface area contributed by atoms with Gasteiger partial charge in [-0.1, -0.05) is 51.4 Å². The number of carbonyl (C=O) groups excluding carboxylic acids is 4. The number of halogens is 1. The summed E-state index contributed by atoms with van der Waals surface area (Å²) in [4.78, 5) is 61.6. The molecule has 1 aliphatic rings. The Bertz CT molecular complexity index is 1220. The van der Waals surface area contributed by atoms with Crippen molar-refractivity contribution >= 4 is 41.6 Å². The third kappa shape index (κ3) is 10.1. The Hall–Kier alpha value is -3.84. The Morgan fingerprint density at radius 3 is 2.28 bits per heavy atom. The number of nitrogens with zero attached hydrogens (tertiary/aromatic N) is 1. The molecular weight excluding hydrogens is 586 g/mol. The van der Waals surface area contributed by atoms with Crippen molar-refractivity contribution in [3.8, 4) is 0 Å². The molecule has 14 heteroatoms. The van der Waals surface area contributed by atoms with Crippen LogP contribution in [0.1, 0.15) is 53.5 Å². The van der Waals surface area contributed by atoms with Gasteiger partial charge in [0.25, 0.3) is 0 Å². The van der Waals surface area contributed by atoms with Gasteiger partial charge < -0.3 is 40.0 Å². The van der Waals surface area contributed by atoms with Crippen LogP contribution in [0.3, 0.4) is 0 Å². The lowest BCUT2D eigenvalue weighted by Gasteiger charge is -2.51. The van der Waals surface area contributed by atoms with E-state index in [0.29, 0.717) is 23.6 Å². The number of hydrogen-bond donors (Lipinski definition) is 4. The Kier molecular flexibility index (Phi) is 12.0. The molecule has 1 fully saturated rings. The van der Waals surface area contributed by atoms with E-state index in [1.807, 2.05) is 13.8 Å². The van der Waals surface area contributed by atoms with Crippen LogP contribution in [-0.2, 0) is 34.2 Å². The number of carboxylic acids is 1. The summed E-state index contributed by atoms with van der Waals surface area (Å²) in [6.45, 7) is 9.95. The zero-order valence-electron chi connectivity index (χ0n) is 25.1. The van der Waals surface area contributed by atoms with Gasteiger partial charge >= 0.3 is 24.1 Å². The molecule has 1 heterocycles. The van der Waals surface area contributed by atoms with Crippen molar-refractivity contribution in [2.75, 3.05) is 26.4 Å². The molecule has 0 radical (unpaired) electrons. The van der Waals surface area contributed by atoms with E-state index >= 15 is 0 Å². The average molecular weight is 626 g/mol.